The first-order chi connectivity index (χ1) is 9.99. The number of benzene rings is 1. The maximum Gasteiger partial charge on any atom is 0.338 e. The Morgan fingerprint density at radius 3 is 2.81 bits per heavy atom. The summed E-state index contributed by atoms with van der Waals surface area (Å²) in [5.41, 5.74) is -0.318. The second-order valence-corrected chi connectivity index (χ2v) is 5.33. The van der Waals surface area contributed by atoms with Gasteiger partial charge in [-0.3, -0.25) is 10.1 Å². The number of aliphatic hydroxyl groups excluding tert-OH is 1. The topological polar surface area (TPSA) is 113 Å². The number of nitro groups is 1. The first kappa shape index (κ1) is 15.2. The number of carboxylic acids is 1. The van der Waals surface area contributed by atoms with Gasteiger partial charge in [0.1, 0.15) is 5.69 Å². The molecule has 2 rings (SSSR count). The number of rotatable bonds is 5. The quantitative estimate of drug-likeness (QED) is 0.567. The number of carbonyl (C=O) groups is 1. The molecular weight excluding hydrogens is 276 g/mol. The smallest absolute Gasteiger partial charge is 0.338 e. The molecule has 114 valence electrons. The minimum absolute atomic E-state index is 0.0371. The van der Waals surface area contributed by atoms with Crippen molar-refractivity contribution in [2.75, 3.05) is 11.9 Å². The summed E-state index contributed by atoms with van der Waals surface area (Å²) in [4.78, 5) is 21.6. The summed E-state index contributed by atoms with van der Waals surface area (Å²) in [5, 5.41) is 32.7. The van der Waals surface area contributed by atoms with Crippen LogP contribution >= 0.6 is 0 Å². The average Bonchev–Trinajstić information content (AvgIpc) is 2.44. The number of para-hydroxylation sites is 1. The molecule has 0 saturated heterocycles. The maximum atomic E-state index is 11.2. The Labute approximate surface area is 121 Å². The number of aliphatic hydroxyl groups is 1. The van der Waals surface area contributed by atoms with E-state index < -0.39 is 10.9 Å². The largest absolute Gasteiger partial charge is 0.478 e. The maximum absolute atomic E-state index is 11.2. The van der Waals surface area contributed by atoms with Crippen molar-refractivity contribution in [2.24, 2.45) is 5.92 Å². The van der Waals surface area contributed by atoms with E-state index in [4.69, 9.17) is 5.11 Å². The monoisotopic (exact) mass is 294 g/mol. The fourth-order valence-electron chi connectivity index (χ4n) is 2.75. The molecular formula is C14H18N2O5. The Morgan fingerprint density at radius 1 is 1.43 bits per heavy atom. The molecule has 0 aliphatic heterocycles. The van der Waals surface area contributed by atoms with Gasteiger partial charge in [-0.05, 0) is 31.2 Å². The Morgan fingerprint density at radius 2 is 2.19 bits per heavy atom. The minimum Gasteiger partial charge on any atom is -0.478 e. The molecule has 1 aromatic rings. The molecule has 1 aliphatic rings. The van der Waals surface area contributed by atoms with Crippen LogP contribution in [0.1, 0.15) is 36.0 Å². The Kier molecular flexibility index (Phi) is 4.74. The molecule has 1 aromatic carbocycles. The third-order valence-corrected chi connectivity index (χ3v) is 3.79. The van der Waals surface area contributed by atoms with Crippen molar-refractivity contribution in [1.29, 1.82) is 0 Å². The lowest BCUT2D eigenvalue weighted by atomic mass is 9.87. The number of hydrogen-bond donors (Lipinski definition) is 3. The number of nitrogens with zero attached hydrogens (tertiary/aromatic N) is 1. The summed E-state index contributed by atoms with van der Waals surface area (Å²) in [5.74, 6) is -1.01. The van der Waals surface area contributed by atoms with E-state index in [1.165, 1.54) is 18.2 Å². The summed E-state index contributed by atoms with van der Waals surface area (Å²) in [6.45, 7) is 0.419. The molecule has 0 spiro atoms. The zero-order valence-corrected chi connectivity index (χ0v) is 11.5. The molecule has 7 heteroatoms. The highest BCUT2D eigenvalue weighted by Gasteiger charge is 2.24. The van der Waals surface area contributed by atoms with Crippen LogP contribution in [0.2, 0.25) is 0 Å². The minimum atomic E-state index is -1.20. The van der Waals surface area contributed by atoms with Crippen LogP contribution in [0.3, 0.4) is 0 Å². The molecule has 1 fully saturated rings. The number of anilines is 1. The van der Waals surface area contributed by atoms with Crippen LogP contribution in [0.4, 0.5) is 11.4 Å². The van der Waals surface area contributed by atoms with Crippen molar-refractivity contribution in [3.63, 3.8) is 0 Å². The summed E-state index contributed by atoms with van der Waals surface area (Å²) >= 11 is 0. The number of nitrogens with one attached hydrogen (secondary N) is 1. The van der Waals surface area contributed by atoms with Crippen LogP contribution in [0.15, 0.2) is 18.2 Å². The van der Waals surface area contributed by atoms with Crippen molar-refractivity contribution >= 4 is 17.3 Å². The van der Waals surface area contributed by atoms with Gasteiger partial charge >= 0.3 is 5.97 Å². The first-order valence-corrected chi connectivity index (χ1v) is 6.91. The Bertz CT molecular complexity index is 514. The Balaban J connectivity index is 2.17. The van der Waals surface area contributed by atoms with Crippen molar-refractivity contribution in [3.8, 4) is 0 Å². The van der Waals surface area contributed by atoms with Gasteiger partial charge in [-0.15, -0.1) is 0 Å². The molecule has 7 nitrogen and oxygen atoms in total. The summed E-state index contributed by atoms with van der Waals surface area (Å²) in [6, 6.07) is 3.98. The Hall–Kier alpha value is -2.15. The lowest BCUT2D eigenvalue weighted by molar-refractivity contribution is -0.384. The first-order valence-electron chi connectivity index (χ1n) is 6.91. The van der Waals surface area contributed by atoms with E-state index in [2.05, 4.69) is 5.32 Å². The van der Waals surface area contributed by atoms with Crippen molar-refractivity contribution in [1.82, 2.24) is 0 Å². The van der Waals surface area contributed by atoms with Crippen LogP contribution in [-0.4, -0.2) is 33.8 Å². The lowest BCUT2D eigenvalue weighted by Crippen LogP contribution is -2.25. The number of hydrogen-bond acceptors (Lipinski definition) is 5. The van der Waals surface area contributed by atoms with E-state index in [0.717, 1.165) is 19.3 Å². The van der Waals surface area contributed by atoms with Crippen molar-refractivity contribution in [3.05, 3.63) is 33.9 Å². The molecule has 0 radical (unpaired) electrons. The van der Waals surface area contributed by atoms with E-state index in [1.54, 1.807) is 0 Å². The normalized spacial score (nSPS) is 21.8. The molecule has 1 saturated carbocycles. The summed E-state index contributed by atoms with van der Waals surface area (Å²) in [6.07, 6.45) is 2.91. The predicted molar refractivity (Wildman–Crippen MR) is 76.5 cm³/mol. The van der Waals surface area contributed by atoms with Crippen LogP contribution in [0.25, 0.3) is 0 Å². The van der Waals surface area contributed by atoms with Gasteiger partial charge in [0.25, 0.3) is 5.69 Å². The summed E-state index contributed by atoms with van der Waals surface area (Å²) in [7, 11) is 0. The number of nitro benzene ring substituents is 1. The van der Waals surface area contributed by atoms with E-state index >= 15 is 0 Å². The van der Waals surface area contributed by atoms with Crippen LogP contribution < -0.4 is 5.32 Å². The standard InChI is InChI=1S/C14H18N2O5/c17-10-4-1-3-9(7-10)8-15-13-11(14(18)19)5-2-6-12(13)16(20)21/h2,5-6,9-10,15,17H,1,3-4,7-8H2,(H,18,19). The van der Waals surface area contributed by atoms with E-state index in [1.807, 2.05) is 0 Å². The van der Waals surface area contributed by atoms with Gasteiger partial charge in [-0.1, -0.05) is 12.5 Å². The molecule has 3 N–H and O–H groups in total. The highest BCUT2D eigenvalue weighted by Crippen LogP contribution is 2.30. The molecule has 0 bridgehead atoms. The molecule has 1 aliphatic carbocycles. The van der Waals surface area contributed by atoms with Gasteiger partial charge in [0.05, 0.1) is 16.6 Å². The number of carboxylic acid groups (broad SMARTS) is 1. The van der Waals surface area contributed by atoms with Gasteiger partial charge in [0.2, 0.25) is 0 Å². The lowest BCUT2D eigenvalue weighted by Gasteiger charge is -2.26. The van der Waals surface area contributed by atoms with Gasteiger partial charge in [0.15, 0.2) is 0 Å². The van der Waals surface area contributed by atoms with E-state index in [-0.39, 0.29) is 29.0 Å². The fourth-order valence-corrected chi connectivity index (χ4v) is 2.75. The highest BCUT2D eigenvalue weighted by atomic mass is 16.6. The zero-order chi connectivity index (χ0) is 15.4. The molecule has 0 heterocycles. The van der Waals surface area contributed by atoms with E-state index in [0.29, 0.717) is 13.0 Å². The van der Waals surface area contributed by atoms with Crippen LogP contribution in [0, 0.1) is 16.0 Å². The predicted octanol–water partition coefficient (Wildman–Crippen LogP) is 2.26. The van der Waals surface area contributed by atoms with Gasteiger partial charge in [-0.2, -0.15) is 0 Å². The SMILES string of the molecule is O=C(O)c1cccc([N+](=O)[O-])c1NCC1CCCC(O)C1. The number of aromatic carboxylic acids is 1. The molecule has 0 amide bonds. The fraction of sp³-hybridized carbons (Fsp3) is 0.500. The van der Waals surface area contributed by atoms with Crippen molar-refractivity contribution in [2.45, 2.75) is 31.8 Å². The average molecular weight is 294 g/mol. The van der Waals surface area contributed by atoms with Gasteiger partial charge in [-0.25, -0.2) is 4.79 Å². The van der Waals surface area contributed by atoms with Crippen LogP contribution in [-0.2, 0) is 0 Å². The summed E-state index contributed by atoms with van der Waals surface area (Å²) < 4.78 is 0. The second-order valence-electron chi connectivity index (χ2n) is 5.33. The third-order valence-electron chi connectivity index (χ3n) is 3.79. The zero-order valence-electron chi connectivity index (χ0n) is 11.5. The van der Waals surface area contributed by atoms with Crippen molar-refractivity contribution < 1.29 is 19.9 Å². The highest BCUT2D eigenvalue weighted by molar-refractivity contribution is 5.96. The van der Waals surface area contributed by atoms with Crippen LogP contribution in [0.5, 0.6) is 0 Å². The van der Waals surface area contributed by atoms with Gasteiger partial charge < -0.3 is 15.5 Å². The van der Waals surface area contributed by atoms with Gasteiger partial charge in [0, 0.05) is 12.6 Å². The van der Waals surface area contributed by atoms with E-state index in [9.17, 15) is 20.0 Å². The molecule has 0 aromatic heterocycles. The third kappa shape index (κ3) is 3.69. The second kappa shape index (κ2) is 6.53. The molecule has 21 heavy (non-hydrogen) atoms. The molecule has 2 unspecified atom stereocenters. The molecule has 2 atom stereocenters.